The zero-order chi connectivity index (χ0) is 55.7. The van der Waals surface area contributed by atoms with Gasteiger partial charge in [-0.05, 0) is 128 Å². The van der Waals surface area contributed by atoms with Gasteiger partial charge in [0.1, 0.15) is 13.2 Å². The van der Waals surface area contributed by atoms with Crippen molar-refractivity contribution in [2.24, 2.45) is 0 Å². The maximum atomic E-state index is 12.9. The average molecular weight is 1070 g/mol. The van der Waals surface area contributed by atoms with Crippen LogP contribution in [-0.4, -0.2) is 37.2 Å². The van der Waals surface area contributed by atoms with E-state index in [4.69, 9.17) is 14.2 Å². The van der Waals surface area contributed by atoms with Crippen molar-refractivity contribution in [1.29, 1.82) is 0 Å². The Morgan fingerprint density at radius 1 is 0.273 bits per heavy atom. The summed E-state index contributed by atoms with van der Waals surface area (Å²) in [4.78, 5) is 38.3. The molecule has 0 spiro atoms. The molecule has 438 valence electrons. The molecular formula is C71H118O6. The second kappa shape index (κ2) is 64.3. The van der Waals surface area contributed by atoms with Crippen LogP contribution in [0, 0.1) is 0 Å². The molecule has 0 heterocycles. The third-order valence-electron chi connectivity index (χ3n) is 13.4. The minimum absolute atomic E-state index is 0.0904. The molecule has 1 unspecified atom stereocenters. The fourth-order valence-electron chi connectivity index (χ4n) is 8.69. The highest BCUT2D eigenvalue weighted by Crippen LogP contribution is 2.15. The lowest BCUT2D eigenvalue weighted by Crippen LogP contribution is -2.30. The van der Waals surface area contributed by atoms with E-state index in [1.807, 2.05) is 0 Å². The summed E-state index contributed by atoms with van der Waals surface area (Å²) < 4.78 is 16.9. The lowest BCUT2D eigenvalue weighted by molar-refractivity contribution is -0.167. The quantitative estimate of drug-likeness (QED) is 0.0261. The molecule has 0 aromatic heterocycles. The van der Waals surface area contributed by atoms with Gasteiger partial charge in [0.05, 0.1) is 0 Å². The van der Waals surface area contributed by atoms with Crippen LogP contribution < -0.4 is 0 Å². The SMILES string of the molecule is CC/C=C\C/C=C\C/C=C\C/C=C\C/C=C\C/C=C\CCCCCCCCCCC(=O)OCC(COC(=O)CCCCCCC/C=C\CCCCCCCC)OC(=O)CCCCCCCCC/C=C\C/C=C\C/C=C\CC. The molecule has 0 N–H and O–H groups in total. The van der Waals surface area contributed by atoms with Gasteiger partial charge < -0.3 is 14.2 Å². The summed E-state index contributed by atoms with van der Waals surface area (Å²) in [6.07, 6.45) is 89.1. The van der Waals surface area contributed by atoms with Crippen LogP contribution in [-0.2, 0) is 28.6 Å². The van der Waals surface area contributed by atoms with E-state index < -0.39 is 6.10 Å². The van der Waals surface area contributed by atoms with Crippen LogP contribution >= 0.6 is 0 Å². The van der Waals surface area contributed by atoms with Crippen LogP contribution in [0.4, 0.5) is 0 Å². The van der Waals surface area contributed by atoms with Crippen LogP contribution in [0.25, 0.3) is 0 Å². The molecule has 0 amide bonds. The molecule has 0 fully saturated rings. The van der Waals surface area contributed by atoms with Gasteiger partial charge in [-0.15, -0.1) is 0 Å². The van der Waals surface area contributed by atoms with Gasteiger partial charge in [-0.3, -0.25) is 14.4 Å². The number of ether oxygens (including phenoxy) is 3. The van der Waals surface area contributed by atoms with Crippen LogP contribution in [0.5, 0.6) is 0 Å². The number of unbranched alkanes of at least 4 members (excludes halogenated alkanes) is 26. The van der Waals surface area contributed by atoms with E-state index in [0.29, 0.717) is 19.3 Å². The van der Waals surface area contributed by atoms with Crippen LogP contribution in [0.1, 0.15) is 290 Å². The molecule has 77 heavy (non-hydrogen) atoms. The highest BCUT2D eigenvalue weighted by Gasteiger charge is 2.19. The molecular weight excluding hydrogens is 949 g/mol. The number of carbonyl (C=O) groups is 3. The standard InChI is InChI=1S/C71H118O6/c1-4-7-10-13-16-19-22-25-28-30-31-32-33-34-35-36-37-38-39-41-43-46-49-52-55-58-61-64-70(73)76-67-68(66-75-69(72)63-60-57-54-51-48-45-42-27-24-21-18-15-12-9-6-3)77-71(74)65-62-59-56-53-50-47-44-40-29-26-23-20-17-14-11-8-5-2/h7-8,10-11,16-17,19-20,25-29,31-32,34-35,37-38,42,68H,4-6,9,12-15,18,21-24,30,33,36,39-41,43-67H2,1-3H3/b10-7-,11-8-,19-16-,20-17-,28-25-,29-26-,32-31-,35-34-,38-37-,42-27-. The van der Waals surface area contributed by atoms with Crippen LogP contribution in [0.3, 0.4) is 0 Å². The Kier molecular flexibility index (Phi) is 60.8. The normalized spacial score (nSPS) is 12.9. The average Bonchev–Trinajstić information content (AvgIpc) is 3.43. The molecule has 0 saturated heterocycles. The van der Waals surface area contributed by atoms with Crippen LogP contribution in [0.15, 0.2) is 122 Å². The predicted octanol–water partition coefficient (Wildman–Crippen LogP) is 22.0. The Labute approximate surface area is 475 Å². The van der Waals surface area contributed by atoms with Crippen molar-refractivity contribution in [2.75, 3.05) is 13.2 Å². The van der Waals surface area contributed by atoms with Gasteiger partial charge in [-0.1, -0.05) is 264 Å². The number of esters is 3. The molecule has 0 saturated carbocycles. The van der Waals surface area contributed by atoms with Gasteiger partial charge in [-0.25, -0.2) is 0 Å². The molecule has 0 rings (SSSR count). The Bertz CT molecular complexity index is 1600. The summed E-state index contributed by atoms with van der Waals surface area (Å²) in [7, 11) is 0. The number of allylic oxidation sites excluding steroid dienone is 20. The van der Waals surface area contributed by atoms with Crippen molar-refractivity contribution in [2.45, 2.75) is 297 Å². The molecule has 0 aliphatic heterocycles. The monoisotopic (exact) mass is 1070 g/mol. The first-order valence-corrected chi connectivity index (χ1v) is 32.0. The van der Waals surface area contributed by atoms with E-state index in [2.05, 4.69) is 142 Å². The fraction of sp³-hybridized carbons (Fsp3) is 0.676. The Morgan fingerprint density at radius 2 is 0.506 bits per heavy atom. The summed E-state index contributed by atoms with van der Waals surface area (Å²) in [5, 5.41) is 0. The topological polar surface area (TPSA) is 78.9 Å². The molecule has 0 aromatic rings. The van der Waals surface area contributed by atoms with Gasteiger partial charge >= 0.3 is 17.9 Å². The highest BCUT2D eigenvalue weighted by molar-refractivity contribution is 5.71. The maximum Gasteiger partial charge on any atom is 0.306 e. The smallest absolute Gasteiger partial charge is 0.306 e. The van der Waals surface area contributed by atoms with Crippen LogP contribution in [0.2, 0.25) is 0 Å². The van der Waals surface area contributed by atoms with Gasteiger partial charge in [0, 0.05) is 19.3 Å². The second-order valence-electron chi connectivity index (χ2n) is 20.9. The van der Waals surface area contributed by atoms with Gasteiger partial charge in [0.15, 0.2) is 6.10 Å². The number of hydrogen-bond donors (Lipinski definition) is 0. The first kappa shape index (κ1) is 72.8. The number of carbonyl (C=O) groups excluding carboxylic acids is 3. The summed E-state index contributed by atoms with van der Waals surface area (Å²) in [5.74, 6) is -0.912. The van der Waals surface area contributed by atoms with E-state index in [-0.39, 0.29) is 31.1 Å². The van der Waals surface area contributed by atoms with Crippen molar-refractivity contribution >= 4 is 17.9 Å². The Morgan fingerprint density at radius 3 is 0.805 bits per heavy atom. The number of rotatable bonds is 57. The van der Waals surface area contributed by atoms with Crippen molar-refractivity contribution < 1.29 is 28.6 Å². The first-order chi connectivity index (χ1) is 38.0. The maximum absolute atomic E-state index is 12.9. The third kappa shape index (κ3) is 62.5. The highest BCUT2D eigenvalue weighted by atomic mass is 16.6. The van der Waals surface area contributed by atoms with Crippen molar-refractivity contribution in [3.05, 3.63) is 122 Å². The molecule has 0 aliphatic rings. The molecule has 0 radical (unpaired) electrons. The lowest BCUT2D eigenvalue weighted by Gasteiger charge is -2.18. The summed E-state index contributed by atoms with van der Waals surface area (Å²) >= 11 is 0. The predicted molar refractivity (Wildman–Crippen MR) is 334 cm³/mol. The third-order valence-corrected chi connectivity index (χ3v) is 13.4. The van der Waals surface area contributed by atoms with Crippen molar-refractivity contribution in [1.82, 2.24) is 0 Å². The van der Waals surface area contributed by atoms with E-state index in [9.17, 15) is 14.4 Å². The van der Waals surface area contributed by atoms with Gasteiger partial charge in [-0.2, -0.15) is 0 Å². The zero-order valence-corrected chi connectivity index (χ0v) is 50.2. The molecule has 6 nitrogen and oxygen atoms in total. The molecule has 0 aromatic carbocycles. The van der Waals surface area contributed by atoms with Crippen molar-refractivity contribution in [3.8, 4) is 0 Å². The summed E-state index contributed by atoms with van der Waals surface area (Å²) in [5.41, 5.74) is 0. The zero-order valence-electron chi connectivity index (χ0n) is 50.2. The van der Waals surface area contributed by atoms with E-state index >= 15 is 0 Å². The molecule has 1 atom stereocenters. The first-order valence-electron chi connectivity index (χ1n) is 32.0. The number of hydrogen-bond acceptors (Lipinski definition) is 6. The largest absolute Gasteiger partial charge is 0.462 e. The molecule has 0 bridgehead atoms. The Hall–Kier alpha value is -4.19. The van der Waals surface area contributed by atoms with E-state index in [1.165, 1.54) is 116 Å². The minimum Gasteiger partial charge on any atom is -0.462 e. The van der Waals surface area contributed by atoms with E-state index in [0.717, 1.165) is 135 Å². The summed E-state index contributed by atoms with van der Waals surface area (Å²) in [6.45, 7) is 6.40. The lowest BCUT2D eigenvalue weighted by atomic mass is 10.1. The molecule has 0 aliphatic carbocycles. The minimum atomic E-state index is -0.795. The van der Waals surface area contributed by atoms with Crippen molar-refractivity contribution in [3.63, 3.8) is 0 Å². The van der Waals surface area contributed by atoms with Gasteiger partial charge in [0.2, 0.25) is 0 Å². The summed E-state index contributed by atoms with van der Waals surface area (Å²) in [6, 6.07) is 0. The fourth-order valence-corrected chi connectivity index (χ4v) is 8.69. The van der Waals surface area contributed by atoms with E-state index in [1.54, 1.807) is 0 Å². The second-order valence-corrected chi connectivity index (χ2v) is 20.9. The molecule has 6 heteroatoms. The van der Waals surface area contributed by atoms with Gasteiger partial charge in [0.25, 0.3) is 0 Å². The Balaban J connectivity index is 4.38.